The van der Waals surface area contributed by atoms with Crippen LogP contribution in [0.25, 0.3) is 0 Å². The molecule has 1 fully saturated rings. The summed E-state index contributed by atoms with van der Waals surface area (Å²) in [4.78, 5) is 15.6. The predicted molar refractivity (Wildman–Crippen MR) is 74.3 cm³/mol. The molecule has 110 valence electrons. The second-order valence-corrected chi connectivity index (χ2v) is 5.12. The summed E-state index contributed by atoms with van der Waals surface area (Å²) in [5.74, 6) is -0.980. The maximum absolute atomic E-state index is 11.4. The van der Waals surface area contributed by atoms with Gasteiger partial charge in [0.15, 0.2) is 0 Å². The molecule has 1 saturated heterocycles. The molecule has 0 aromatic carbocycles. The summed E-state index contributed by atoms with van der Waals surface area (Å²) < 4.78 is 10.9. The van der Waals surface area contributed by atoms with Crippen molar-refractivity contribution in [3.05, 3.63) is 23.0 Å². The van der Waals surface area contributed by atoms with Crippen molar-refractivity contribution in [1.29, 1.82) is 0 Å². The van der Waals surface area contributed by atoms with Crippen LogP contribution < -0.4 is 5.32 Å². The molecule has 6 heteroatoms. The van der Waals surface area contributed by atoms with E-state index in [1.54, 1.807) is 20.1 Å². The number of rotatable bonds is 5. The van der Waals surface area contributed by atoms with Gasteiger partial charge in [-0.1, -0.05) is 0 Å². The maximum Gasteiger partial charge on any atom is 0.339 e. The lowest BCUT2D eigenvalue weighted by Crippen LogP contribution is -2.39. The second-order valence-electron chi connectivity index (χ2n) is 5.12. The van der Waals surface area contributed by atoms with Gasteiger partial charge in [-0.05, 0) is 19.9 Å². The molecule has 0 bridgehead atoms. The first kappa shape index (κ1) is 14.7. The minimum atomic E-state index is -0.980. The molecular formula is C14H20N2O4. The molecule has 1 aliphatic rings. The number of aromatic carboxylic acids is 1. The summed E-state index contributed by atoms with van der Waals surface area (Å²) in [6, 6.07) is 1.75. The first-order valence-electron chi connectivity index (χ1n) is 6.56. The van der Waals surface area contributed by atoms with Crippen LogP contribution in [-0.2, 0) is 9.47 Å². The molecule has 1 aliphatic heterocycles. The zero-order valence-electron chi connectivity index (χ0n) is 12.0. The Hall–Kier alpha value is -1.66. The van der Waals surface area contributed by atoms with Gasteiger partial charge in [0, 0.05) is 32.4 Å². The molecule has 2 heterocycles. The smallest absolute Gasteiger partial charge is 0.339 e. The first-order chi connectivity index (χ1) is 9.47. The van der Waals surface area contributed by atoms with Gasteiger partial charge in [0.05, 0.1) is 18.0 Å². The zero-order valence-corrected chi connectivity index (χ0v) is 12.0. The number of aryl methyl sites for hydroxylation is 2. The highest BCUT2D eigenvalue weighted by molar-refractivity contribution is 5.95. The molecule has 1 unspecified atom stereocenters. The second kappa shape index (κ2) is 5.76. The van der Waals surface area contributed by atoms with Gasteiger partial charge in [-0.15, -0.1) is 0 Å². The van der Waals surface area contributed by atoms with E-state index in [4.69, 9.17) is 9.47 Å². The van der Waals surface area contributed by atoms with Crippen molar-refractivity contribution >= 4 is 11.7 Å². The van der Waals surface area contributed by atoms with Gasteiger partial charge in [0.25, 0.3) is 0 Å². The number of hydrogen-bond donors (Lipinski definition) is 2. The van der Waals surface area contributed by atoms with Gasteiger partial charge in [0.2, 0.25) is 0 Å². The molecule has 0 aliphatic carbocycles. The number of ether oxygens (including phenoxy) is 2. The lowest BCUT2D eigenvalue weighted by molar-refractivity contribution is -0.00622. The van der Waals surface area contributed by atoms with Crippen LogP contribution >= 0.6 is 0 Å². The van der Waals surface area contributed by atoms with Crippen molar-refractivity contribution in [2.75, 3.05) is 32.2 Å². The highest BCUT2D eigenvalue weighted by Crippen LogP contribution is 2.25. The molecule has 1 aromatic rings. The van der Waals surface area contributed by atoms with Crippen molar-refractivity contribution in [2.45, 2.75) is 25.9 Å². The molecule has 0 amide bonds. The van der Waals surface area contributed by atoms with Gasteiger partial charge in [-0.25, -0.2) is 4.79 Å². The summed E-state index contributed by atoms with van der Waals surface area (Å²) in [6.45, 7) is 5.23. The Balaban J connectivity index is 2.22. The summed E-state index contributed by atoms with van der Waals surface area (Å²) in [5.41, 5.74) is 1.69. The molecule has 6 nitrogen and oxygen atoms in total. The standard InChI is InChI=1S/C14H20N2O4/c1-9-6-11(12(13(17)18)10(2)16-9)15-7-14(19-3)4-5-20-8-14/h6H,4-5,7-8H2,1-3H3,(H,15,16)(H,17,18). The fourth-order valence-corrected chi connectivity index (χ4v) is 2.46. The highest BCUT2D eigenvalue weighted by atomic mass is 16.5. The number of nitrogens with one attached hydrogen (secondary N) is 1. The monoisotopic (exact) mass is 280 g/mol. The minimum Gasteiger partial charge on any atom is -0.478 e. The topological polar surface area (TPSA) is 80.7 Å². The number of methoxy groups -OCH3 is 1. The molecule has 20 heavy (non-hydrogen) atoms. The van der Waals surface area contributed by atoms with E-state index in [0.717, 1.165) is 12.1 Å². The normalized spacial score (nSPS) is 21.9. The molecule has 1 aromatic heterocycles. The Morgan fingerprint density at radius 1 is 1.60 bits per heavy atom. The number of carboxylic acids is 1. The Kier molecular flexibility index (Phi) is 4.25. The number of nitrogens with zero attached hydrogens (tertiary/aromatic N) is 1. The summed E-state index contributed by atoms with van der Waals surface area (Å²) >= 11 is 0. The number of aromatic nitrogens is 1. The van der Waals surface area contributed by atoms with E-state index >= 15 is 0 Å². The van der Waals surface area contributed by atoms with Crippen LogP contribution in [0.5, 0.6) is 0 Å². The minimum absolute atomic E-state index is 0.209. The van der Waals surface area contributed by atoms with Gasteiger partial charge in [0.1, 0.15) is 11.2 Å². The Morgan fingerprint density at radius 2 is 2.35 bits per heavy atom. The fourth-order valence-electron chi connectivity index (χ4n) is 2.46. The van der Waals surface area contributed by atoms with Crippen LogP contribution in [0.15, 0.2) is 6.07 Å². The van der Waals surface area contributed by atoms with E-state index in [1.807, 2.05) is 6.92 Å². The number of anilines is 1. The molecule has 0 radical (unpaired) electrons. The number of carbonyl (C=O) groups is 1. The lowest BCUT2D eigenvalue weighted by Gasteiger charge is -2.27. The van der Waals surface area contributed by atoms with E-state index in [9.17, 15) is 9.90 Å². The van der Waals surface area contributed by atoms with Crippen molar-refractivity contribution in [3.8, 4) is 0 Å². The third-order valence-corrected chi connectivity index (χ3v) is 3.64. The zero-order chi connectivity index (χ0) is 14.8. The highest BCUT2D eigenvalue weighted by Gasteiger charge is 2.35. The van der Waals surface area contributed by atoms with Crippen molar-refractivity contribution < 1.29 is 19.4 Å². The molecule has 0 spiro atoms. The molecule has 0 saturated carbocycles. The van der Waals surface area contributed by atoms with Crippen molar-refractivity contribution in [3.63, 3.8) is 0 Å². The lowest BCUT2D eigenvalue weighted by atomic mass is 10.0. The van der Waals surface area contributed by atoms with E-state index in [2.05, 4.69) is 10.3 Å². The van der Waals surface area contributed by atoms with E-state index < -0.39 is 5.97 Å². The Morgan fingerprint density at radius 3 is 2.90 bits per heavy atom. The summed E-state index contributed by atoms with van der Waals surface area (Å²) in [5, 5.41) is 12.5. The van der Waals surface area contributed by atoms with Gasteiger partial charge < -0.3 is 19.9 Å². The summed E-state index contributed by atoms with van der Waals surface area (Å²) in [7, 11) is 1.65. The van der Waals surface area contributed by atoms with E-state index in [1.165, 1.54) is 0 Å². The molecular weight excluding hydrogens is 260 g/mol. The van der Waals surface area contributed by atoms with Crippen LogP contribution in [0.1, 0.15) is 28.2 Å². The molecule has 1 atom stereocenters. The average molecular weight is 280 g/mol. The first-order valence-corrected chi connectivity index (χ1v) is 6.56. The van der Waals surface area contributed by atoms with Gasteiger partial charge in [-0.3, -0.25) is 4.98 Å². The fraction of sp³-hybridized carbons (Fsp3) is 0.571. The Labute approximate surface area is 118 Å². The SMILES string of the molecule is COC1(CNc2cc(C)nc(C)c2C(=O)O)CCOC1. The van der Waals surface area contributed by atoms with Gasteiger partial charge in [-0.2, -0.15) is 0 Å². The van der Waals surface area contributed by atoms with Gasteiger partial charge >= 0.3 is 5.97 Å². The quantitative estimate of drug-likeness (QED) is 0.853. The van der Waals surface area contributed by atoms with E-state index in [-0.39, 0.29) is 11.2 Å². The van der Waals surface area contributed by atoms with Crippen molar-refractivity contribution in [2.24, 2.45) is 0 Å². The van der Waals surface area contributed by atoms with Crippen molar-refractivity contribution in [1.82, 2.24) is 4.98 Å². The van der Waals surface area contributed by atoms with Crippen LogP contribution in [-0.4, -0.2) is 48.5 Å². The van der Waals surface area contributed by atoms with Crippen LogP contribution in [0.3, 0.4) is 0 Å². The van der Waals surface area contributed by atoms with E-state index in [0.29, 0.717) is 31.1 Å². The Bertz CT molecular complexity index is 510. The predicted octanol–water partition coefficient (Wildman–Crippen LogP) is 1.61. The number of pyridine rings is 1. The molecule has 2 N–H and O–H groups in total. The maximum atomic E-state index is 11.4. The van der Waals surface area contributed by atoms with Crippen LogP contribution in [0.2, 0.25) is 0 Å². The third kappa shape index (κ3) is 2.91. The summed E-state index contributed by atoms with van der Waals surface area (Å²) in [6.07, 6.45) is 0.794. The molecule has 2 rings (SSSR count). The van der Waals surface area contributed by atoms with Crippen LogP contribution in [0, 0.1) is 13.8 Å². The average Bonchev–Trinajstić information content (AvgIpc) is 2.84. The third-order valence-electron chi connectivity index (χ3n) is 3.64. The largest absolute Gasteiger partial charge is 0.478 e. The number of hydrogen-bond acceptors (Lipinski definition) is 5. The number of carboxylic acid groups (broad SMARTS) is 1. The van der Waals surface area contributed by atoms with Crippen LogP contribution in [0.4, 0.5) is 5.69 Å².